The Morgan fingerprint density at radius 3 is 2.79 bits per heavy atom. The van der Waals surface area contributed by atoms with E-state index in [0.29, 0.717) is 27.7 Å². The van der Waals surface area contributed by atoms with Crippen molar-refractivity contribution in [3.63, 3.8) is 0 Å². The smallest absolute Gasteiger partial charge is 0.224 e. The summed E-state index contributed by atoms with van der Waals surface area (Å²) in [6.45, 7) is 2.02. The number of nitrogens with zero attached hydrogens (tertiary/aromatic N) is 2. The van der Waals surface area contributed by atoms with Crippen LogP contribution in [0.25, 0.3) is 0 Å². The molecule has 1 aromatic carbocycles. The van der Waals surface area contributed by atoms with E-state index in [-0.39, 0.29) is 0 Å². The highest BCUT2D eigenvalue weighted by molar-refractivity contribution is 9.10. The summed E-state index contributed by atoms with van der Waals surface area (Å²) in [7, 11) is 0. The molecule has 0 bridgehead atoms. The van der Waals surface area contributed by atoms with Crippen LogP contribution in [0.2, 0.25) is 0 Å². The van der Waals surface area contributed by atoms with Crippen LogP contribution < -0.4 is 10.5 Å². The Morgan fingerprint density at radius 1 is 1.32 bits per heavy atom. The largest absolute Gasteiger partial charge is 0.439 e. The first kappa shape index (κ1) is 13.7. The molecule has 0 saturated carbocycles. The van der Waals surface area contributed by atoms with Gasteiger partial charge >= 0.3 is 0 Å². The first-order valence-electron chi connectivity index (χ1n) is 5.85. The molecule has 4 nitrogen and oxygen atoms in total. The highest BCUT2D eigenvalue weighted by Gasteiger charge is 2.06. The number of nitrogens with two attached hydrogens (primary N) is 1. The summed E-state index contributed by atoms with van der Waals surface area (Å²) in [6, 6.07) is 6.01. The molecule has 0 unspecified atom stereocenters. The highest BCUT2D eigenvalue weighted by atomic mass is 79.9. The predicted octanol–water partition coefficient (Wildman–Crippen LogP) is 3.71. The van der Waals surface area contributed by atoms with Crippen LogP contribution in [0.15, 0.2) is 28.7 Å². The molecule has 0 aliphatic heterocycles. The molecule has 0 amide bonds. The number of ether oxygens (including phenoxy) is 1. The lowest BCUT2D eigenvalue weighted by atomic mass is 10.3. The lowest BCUT2D eigenvalue weighted by Crippen LogP contribution is -2.01. The minimum Gasteiger partial charge on any atom is -0.439 e. The fraction of sp³-hybridized carbons (Fsp3) is 0.231. The van der Waals surface area contributed by atoms with Crippen molar-refractivity contribution in [3.05, 3.63) is 40.4 Å². The Balaban J connectivity index is 2.24. The maximum Gasteiger partial charge on any atom is 0.224 e. The second-order valence-electron chi connectivity index (χ2n) is 3.98. The third-order valence-electron chi connectivity index (χ3n) is 2.36. The molecular weight excluding hydrogens is 313 g/mol. The summed E-state index contributed by atoms with van der Waals surface area (Å²) < 4.78 is 19.3. The molecule has 2 rings (SSSR count). The average Bonchev–Trinajstić information content (AvgIpc) is 2.33. The normalized spacial score (nSPS) is 10.5. The maximum atomic E-state index is 13.4. The lowest BCUT2D eigenvalue weighted by Gasteiger charge is -2.07. The van der Waals surface area contributed by atoms with Crippen LogP contribution in [-0.2, 0) is 6.42 Å². The molecule has 0 radical (unpaired) electrons. The minimum atomic E-state index is -0.395. The molecule has 1 heterocycles. The van der Waals surface area contributed by atoms with E-state index in [9.17, 15) is 4.39 Å². The van der Waals surface area contributed by atoms with Crippen molar-refractivity contribution >= 4 is 21.7 Å². The molecule has 0 aliphatic rings. The highest BCUT2D eigenvalue weighted by Crippen LogP contribution is 2.25. The molecule has 0 fully saturated rings. The van der Waals surface area contributed by atoms with Crippen LogP contribution in [-0.4, -0.2) is 9.97 Å². The van der Waals surface area contributed by atoms with Gasteiger partial charge in [-0.05, 0) is 34.5 Å². The Hall–Kier alpha value is -1.69. The molecule has 0 saturated heterocycles. The van der Waals surface area contributed by atoms with E-state index in [1.165, 1.54) is 12.1 Å². The van der Waals surface area contributed by atoms with Crippen molar-refractivity contribution in [3.8, 4) is 11.6 Å². The van der Waals surface area contributed by atoms with E-state index in [2.05, 4.69) is 25.9 Å². The molecule has 6 heteroatoms. The van der Waals surface area contributed by atoms with Crippen molar-refractivity contribution in [2.24, 2.45) is 0 Å². The van der Waals surface area contributed by atoms with Gasteiger partial charge in [0.25, 0.3) is 0 Å². The van der Waals surface area contributed by atoms with Crippen LogP contribution in [0, 0.1) is 5.82 Å². The van der Waals surface area contributed by atoms with Crippen LogP contribution in [0.4, 0.5) is 10.2 Å². The van der Waals surface area contributed by atoms with Gasteiger partial charge in [-0.15, -0.1) is 0 Å². The first-order valence-corrected chi connectivity index (χ1v) is 6.64. The number of hydrogen-bond donors (Lipinski definition) is 1. The van der Waals surface area contributed by atoms with Crippen LogP contribution in [0.3, 0.4) is 0 Å². The number of halogens is 2. The molecule has 0 atom stereocenters. The van der Waals surface area contributed by atoms with Gasteiger partial charge in [0, 0.05) is 18.6 Å². The average molecular weight is 326 g/mol. The van der Waals surface area contributed by atoms with Crippen molar-refractivity contribution in [2.75, 3.05) is 5.73 Å². The number of anilines is 1. The lowest BCUT2D eigenvalue weighted by molar-refractivity contribution is 0.454. The molecule has 19 heavy (non-hydrogen) atoms. The third-order valence-corrected chi connectivity index (χ3v) is 3.00. The van der Waals surface area contributed by atoms with Crippen LogP contribution >= 0.6 is 15.9 Å². The zero-order valence-corrected chi connectivity index (χ0v) is 11.9. The quantitative estimate of drug-likeness (QED) is 0.930. The van der Waals surface area contributed by atoms with E-state index in [1.807, 2.05) is 6.92 Å². The molecule has 0 aliphatic carbocycles. The molecule has 2 aromatic rings. The SMILES string of the molecule is CCCc1nc(N)cc(Oc2ccc(Br)c(F)c2)n1. The van der Waals surface area contributed by atoms with Gasteiger partial charge in [-0.1, -0.05) is 6.92 Å². The predicted molar refractivity (Wildman–Crippen MR) is 74.6 cm³/mol. The van der Waals surface area contributed by atoms with E-state index >= 15 is 0 Å². The van der Waals surface area contributed by atoms with Gasteiger partial charge in [-0.2, -0.15) is 4.98 Å². The van der Waals surface area contributed by atoms with Gasteiger partial charge in [-0.3, -0.25) is 0 Å². The maximum absolute atomic E-state index is 13.4. The topological polar surface area (TPSA) is 61.0 Å². The van der Waals surface area contributed by atoms with Crippen molar-refractivity contribution in [1.29, 1.82) is 0 Å². The van der Waals surface area contributed by atoms with Crippen LogP contribution in [0.5, 0.6) is 11.6 Å². The van der Waals surface area contributed by atoms with Crippen molar-refractivity contribution < 1.29 is 9.13 Å². The number of aryl methyl sites for hydroxylation is 1. The summed E-state index contributed by atoms with van der Waals surface area (Å²) in [5.74, 6) is 1.24. The summed E-state index contributed by atoms with van der Waals surface area (Å²) in [5.41, 5.74) is 5.68. The zero-order chi connectivity index (χ0) is 13.8. The second-order valence-corrected chi connectivity index (χ2v) is 4.83. The summed E-state index contributed by atoms with van der Waals surface area (Å²) in [4.78, 5) is 8.33. The van der Waals surface area contributed by atoms with Crippen molar-refractivity contribution in [1.82, 2.24) is 9.97 Å². The Labute approximate surface area is 119 Å². The van der Waals surface area contributed by atoms with Gasteiger partial charge in [0.2, 0.25) is 5.88 Å². The van der Waals surface area contributed by atoms with Crippen molar-refractivity contribution in [2.45, 2.75) is 19.8 Å². The minimum absolute atomic E-state index is 0.317. The van der Waals surface area contributed by atoms with Gasteiger partial charge in [0.1, 0.15) is 23.2 Å². The molecule has 1 aromatic heterocycles. The van der Waals surface area contributed by atoms with Gasteiger partial charge in [-0.25, -0.2) is 9.37 Å². The number of benzene rings is 1. The number of rotatable bonds is 4. The van der Waals surface area contributed by atoms with E-state index in [1.54, 1.807) is 12.1 Å². The number of aromatic nitrogens is 2. The zero-order valence-electron chi connectivity index (χ0n) is 10.4. The van der Waals surface area contributed by atoms with E-state index in [4.69, 9.17) is 10.5 Å². The fourth-order valence-electron chi connectivity index (χ4n) is 1.54. The molecule has 0 spiro atoms. The Morgan fingerprint density at radius 2 is 2.11 bits per heavy atom. The Bertz CT molecular complexity index is 592. The van der Waals surface area contributed by atoms with E-state index < -0.39 is 5.82 Å². The summed E-state index contributed by atoms with van der Waals surface area (Å²) >= 11 is 3.08. The van der Waals surface area contributed by atoms with Gasteiger partial charge in [0.05, 0.1) is 4.47 Å². The fourth-order valence-corrected chi connectivity index (χ4v) is 1.79. The number of nitrogen functional groups attached to an aromatic ring is 1. The summed E-state index contributed by atoms with van der Waals surface area (Å²) in [6.07, 6.45) is 1.63. The molecular formula is C13H13BrFN3O. The van der Waals surface area contributed by atoms with Gasteiger partial charge < -0.3 is 10.5 Å². The molecule has 2 N–H and O–H groups in total. The monoisotopic (exact) mass is 325 g/mol. The van der Waals surface area contributed by atoms with Crippen LogP contribution in [0.1, 0.15) is 19.2 Å². The van der Waals surface area contributed by atoms with Gasteiger partial charge in [0.15, 0.2) is 0 Å². The first-order chi connectivity index (χ1) is 9.08. The molecule has 100 valence electrons. The number of hydrogen-bond acceptors (Lipinski definition) is 4. The Kier molecular flexibility index (Phi) is 4.31. The van der Waals surface area contributed by atoms with E-state index in [0.717, 1.165) is 12.8 Å². The third kappa shape index (κ3) is 3.64. The second kappa shape index (κ2) is 5.97. The standard InChI is InChI=1S/C13H13BrFN3O/c1-2-3-12-17-11(16)7-13(18-12)19-8-4-5-9(14)10(15)6-8/h4-7H,2-3H2,1H3,(H2,16,17,18). The summed E-state index contributed by atoms with van der Waals surface area (Å²) in [5, 5.41) is 0.